The van der Waals surface area contributed by atoms with Crippen LogP contribution < -0.4 is 4.72 Å². The van der Waals surface area contributed by atoms with Gasteiger partial charge in [0.2, 0.25) is 10.0 Å². The second kappa shape index (κ2) is 6.97. The number of carbonyl (C=O) groups excluding carboxylic acids is 1. The van der Waals surface area contributed by atoms with Crippen LogP contribution in [0.3, 0.4) is 0 Å². The first-order valence-electron chi connectivity index (χ1n) is 10.1. The van der Waals surface area contributed by atoms with Crippen molar-refractivity contribution in [2.45, 2.75) is 51.3 Å². The van der Waals surface area contributed by atoms with E-state index in [4.69, 9.17) is 0 Å². The number of nitrogens with zero attached hydrogens (tertiary/aromatic N) is 1. The number of Topliss-reactive ketones (excluding diaryl/α,β-unsaturated/α-hetero) is 1. The molecule has 0 saturated carbocycles. The molecule has 2 aliphatic rings. The first-order chi connectivity index (χ1) is 13.2. The van der Waals surface area contributed by atoms with Gasteiger partial charge in [-0.2, -0.15) is 0 Å². The Kier molecular flexibility index (Phi) is 4.88. The highest BCUT2D eigenvalue weighted by molar-refractivity contribution is 7.89. The summed E-state index contributed by atoms with van der Waals surface area (Å²) in [6.45, 7) is 9.21. The molecular formula is C21H29N3O3S. The van der Waals surface area contributed by atoms with Gasteiger partial charge in [0.25, 0.3) is 0 Å². The van der Waals surface area contributed by atoms with Crippen LogP contribution in [-0.2, 0) is 16.4 Å². The van der Waals surface area contributed by atoms with Crippen molar-refractivity contribution >= 4 is 26.7 Å². The minimum Gasteiger partial charge on any atom is -0.358 e. The Balaban J connectivity index is 1.63. The third-order valence-corrected chi connectivity index (χ3v) is 7.56. The van der Waals surface area contributed by atoms with Crippen molar-refractivity contribution in [3.05, 3.63) is 29.0 Å². The number of benzene rings is 1. The molecule has 0 unspecified atom stereocenters. The van der Waals surface area contributed by atoms with Crippen molar-refractivity contribution in [1.29, 1.82) is 0 Å². The van der Waals surface area contributed by atoms with Gasteiger partial charge in [-0.25, -0.2) is 13.1 Å². The number of aryl methyl sites for hydroxylation is 1. The highest BCUT2D eigenvalue weighted by Gasteiger charge is 2.34. The number of rotatable bonds is 5. The lowest BCUT2D eigenvalue weighted by atomic mass is 9.76. The predicted molar refractivity (Wildman–Crippen MR) is 110 cm³/mol. The van der Waals surface area contributed by atoms with Crippen LogP contribution in [0, 0.1) is 12.3 Å². The van der Waals surface area contributed by atoms with Crippen LogP contribution in [0.1, 0.15) is 54.7 Å². The number of hydrogen-bond acceptors (Lipinski definition) is 4. The van der Waals surface area contributed by atoms with Crippen molar-refractivity contribution in [2.24, 2.45) is 5.41 Å². The molecule has 1 fully saturated rings. The first-order valence-corrected chi connectivity index (χ1v) is 11.6. The molecule has 1 aliphatic heterocycles. The largest absolute Gasteiger partial charge is 0.358 e. The lowest BCUT2D eigenvalue weighted by Gasteiger charge is -2.28. The van der Waals surface area contributed by atoms with E-state index >= 15 is 0 Å². The molecule has 152 valence electrons. The van der Waals surface area contributed by atoms with Crippen molar-refractivity contribution in [3.8, 4) is 0 Å². The summed E-state index contributed by atoms with van der Waals surface area (Å²) < 4.78 is 28.5. The zero-order chi connectivity index (χ0) is 20.1. The summed E-state index contributed by atoms with van der Waals surface area (Å²) in [5, 5.41) is 0.837. The second-order valence-corrected chi connectivity index (χ2v) is 10.8. The molecule has 2 heterocycles. The number of aromatic nitrogens is 1. The smallest absolute Gasteiger partial charge is 0.240 e. The molecule has 1 aromatic carbocycles. The maximum absolute atomic E-state index is 12.9. The zero-order valence-electron chi connectivity index (χ0n) is 16.9. The van der Waals surface area contributed by atoms with Gasteiger partial charge in [0.1, 0.15) is 0 Å². The summed E-state index contributed by atoms with van der Waals surface area (Å²) in [5.74, 6) is 0.135. The molecule has 4 rings (SSSR count). The van der Waals surface area contributed by atoms with E-state index in [2.05, 4.69) is 28.5 Å². The molecule has 1 saturated heterocycles. The van der Waals surface area contributed by atoms with Crippen molar-refractivity contribution in [2.75, 3.05) is 26.2 Å². The molecule has 0 spiro atoms. The third kappa shape index (κ3) is 3.63. The number of sulfonamides is 1. The van der Waals surface area contributed by atoms with Crippen LogP contribution in [0.4, 0.5) is 0 Å². The van der Waals surface area contributed by atoms with E-state index in [-0.39, 0.29) is 16.1 Å². The molecule has 1 aliphatic carbocycles. The van der Waals surface area contributed by atoms with Crippen LogP contribution in [0.25, 0.3) is 10.9 Å². The Morgan fingerprint density at radius 2 is 1.89 bits per heavy atom. The SMILES string of the molecule is Cc1cc2c3c([nH]c2cc1S(=O)(=O)NCCN1CCCC1)CC(C)(C)CC3=O. The molecule has 28 heavy (non-hydrogen) atoms. The maximum Gasteiger partial charge on any atom is 0.240 e. The number of nitrogens with one attached hydrogen (secondary N) is 2. The van der Waals surface area contributed by atoms with E-state index in [1.807, 2.05) is 6.07 Å². The fourth-order valence-electron chi connectivity index (χ4n) is 4.61. The highest BCUT2D eigenvalue weighted by Crippen LogP contribution is 2.38. The summed E-state index contributed by atoms with van der Waals surface area (Å²) in [5.41, 5.74) is 2.98. The zero-order valence-corrected chi connectivity index (χ0v) is 17.7. The number of hydrogen-bond donors (Lipinski definition) is 2. The molecule has 0 amide bonds. The van der Waals surface area contributed by atoms with Gasteiger partial charge in [0.05, 0.1) is 4.90 Å². The molecular weight excluding hydrogens is 374 g/mol. The van der Waals surface area contributed by atoms with Gasteiger partial charge >= 0.3 is 0 Å². The van der Waals surface area contributed by atoms with Gasteiger partial charge in [-0.3, -0.25) is 4.79 Å². The Morgan fingerprint density at radius 1 is 1.18 bits per heavy atom. The van der Waals surface area contributed by atoms with E-state index in [0.29, 0.717) is 18.5 Å². The van der Waals surface area contributed by atoms with Crippen molar-refractivity contribution in [3.63, 3.8) is 0 Å². The van der Waals surface area contributed by atoms with Crippen LogP contribution >= 0.6 is 0 Å². The number of carbonyl (C=O) groups is 1. The average molecular weight is 404 g/mol. The highest BCUT2D eigenvalue weighted by atomic mass is 32.2. The minimum atomic E-state index is -3.59. The molecule has 0 bridgehead atoms. The summed E-state index contributed by atoms with van der Waals surface area (Å²) in [7, 11) is -3.59. The lowest BCUT2D eigenvalue weighted by molar-refractivity contribution is 0.0913. The topological polar surface area (TPSA) is 82.3 Å². The van der Waals surface area contributed by atoms with Gasteiger partial charge in [-0.15, -0.1) is 0 Å². The third-order valence-electron chi connectivity index (χ3n) is 5.95. The van der Waals surface area contributed by atoms with Gasteiger partial charge in [-0.05, 0) is 62.4 Å². The van der Waals surface area contributed by atoms with E-state index in [0.717, 1.165) is 48.2 Å². The fraction of sp³-hybridized carbons (Fsp3) is 0.571. The molecule has 1 aromatic heterocycles. The summed E-state index contributed by atoms with van der Waals surface area (Å²) >= 11 is 0. The molecule has 0 radical (unpaired) electrons. The fourth-order valence-corrected chi connectivity index (χ4v) is 5.88. The number of ketones is 1. The monoisotopic (exact) mass is 403 g/mol. The predicted octanol–water partition coefficient (Wildman–Crippen LogP) is 3.01. The van der Waals surface area contributed by atoms with Gasteiger partial charge < -0.3 is 9.88 Å². The normalized spacial score (nSPS) is 20.0. The van der Waals surface area contributed by atoms with Crippen molar-refractivity contribution < 1.29 is 13.2 Å². The Hall–Kier alpha value is -1.70. The molecule has 6 nitrogen and oxygen atoms in total. The number of fused-ring (bicyclic) bond motifs is 3. The lowest BCUT2D eigenvalue weighted by Crippen LogP contribution is -2.33. The molecule has 7 heteroatoms. The van der Waals surface area contributed by atoms with E-state index in [9.17, 15) is 13.2 Å². The minimum absolute atomic E-state index is 0.0773. The standard InChI is InChI=1S/C21H29N3O3S/c1-14-10-15-16(23-17-12-21(2,3)13-18(25)20(15)17)11-19(14)28(26,27)22-6-9-24-7-4-5-8-24/h10-11,22-23H,4-9,12-13H2,1-3H3. The van der Waals surface area contributed by atoms with Crippen molar-refractivity contribution in [1.82, 2.24) is 14.6 Å². The van der Waals surface area contributed by atoms with Gasteiger partial charge in [0.15, 0.2) is 5.78 Å². The Labute approximate surface area is 166 Å². The Bertz CT molecular complexity index is 1030. The van der Waals surface area contributed by atoms with Crippen LogP contribution in [0.2, 0.25) is 0 Å². The molecule has 0 atom stereocenters. The quantitative estimate of drug-likeness (QED) is 0.804. The number of H-pyrrole nitrogens is 1. The molecule has 2 N–H and O–H groups in total. The summed E-state index contributed by atoms with van der Waals surface area (Å²) in [6, 6.07) is 3.53. The summed E-state index contributed by atoms with van der Waals surface area (Å²) in [6.07, 6.45) is 3.69. The van der Waals surface area contributed by atoms with Crippen LogP contribution in [0.15, 0.2) is 17.0 Å². The molecule has 2 aromatic rings. The van der Waals surface area contributed by atoms with Gasteiger partial charge in [0, 0.05) is 41.7 Å². The second-order valence-electron chi connectivity index (χ2n) is 9.03. The van der Waals surface area contributed by atoms with E-state index in [1.54, 1.807) is 13.0 Å². The summed E-state index contributed by atoms with van der Waals surface area (Å²) in [4.78, 5) is 18.6. The van der Waals surface area contributed by atoms with Crippen LogP contribution in [-0.4, -0.2) is 50.3 Å². The van der Waals surface area contributed by atoms with Gasteiger partial charge in [-0.1, -0.05) is 13.8 Å². The van der Waals surface area contributed by atoms with Crippen LogP contribution in [0.5, 0.6) is 0 Å². The maximum atomic E-state index is 12.9. The number of likely N-dealkylation sites (tertiary alicyclic amines) is 1. The number of aromatic amines is 1. The van der Waals surface area contributed by atoms with E-state index < -0.39 is 10.0 Å². The average Bonchev–Trinajstić information content (AvgIpc) is 3.19. The Morgan fingerprint density at radius 3 is 2.61 bits per heavy atom. The first kappa shape index (κ1) is 19.6. The van der Waals surface area contributed by atoms with E-state index in [1.165, 1.54) is 12.8 Å².